The predicted octanol–water partition coefficient (Wildman–Crippen LogP) is 1.20. The molecule has 1 aliphatic heterocycles. The maximum Gasteiger partial charge on any atom is 0.344 e. The third-order valence-corrected chi connectivity index (χ3v) is 3.24. The molecule has 1 atom stereocenters. The van der Waals surface area contributed by atoms with Crippen LogP contribution >= 0.6 is 0 Å². The molecule has 92 valence electrons. The zero-order chi connectivity index (χ0) is 12.7. The number of nitrogens with one attached hydrogen (secondary N) is 1. The fraction of sp³-hybridized carbons (Fsp3) is 0.417. The molecule has 5 heteroatoms. The van der Waals surface area contributed by atoms with E-state index in [-0.39, 0.29) is 0 Å². The minimum Gasteiger partial charge on any atom is -0.365 e. The van der Waals surface area contributed by atoms with Crippen LogP contribution in [0.15, 0.2) is 30.3 Å². The van der Waals surface area contributed by atoms with Crippen LogP contribution in [0.4, 0.5) is 4.79 Å². The van der Waals surface area contributed by atoms with Gasteiger partial charge >= 0.3 is 6.03 Å². The number of hydrogen-bond donors (Lipinski definition) is 2. The first-order chi connectivity index (χ1) is 7.93. The summed E-state index contributed by atoms with van der Waals surface area (Å²) in [4.78, 5) is 16.8. The van der Waals surface area contributed by atoms with Gasteiger partial charge in [-0.1, -0.05) is 30.3 Å². The van der Waals surface area contributed by atoms with Crippen molar-refractivity contribution < 1.29 is 14.7 Å². The second-order valence-corrected chi connectivity index (χ2v) is 4.54. The largest absolute Gasteiger partial charge is 0.365 e. The van der Waals surface area contributed by atoms with Crippen LogP contribution in [0.3, 0.4) is 0 Å². The van der Waals surface area contributed by atoms with Crippen LogP contribution < -0.4 is 5.32 Å². The second-order valence-electron chi connectivity index (χ2n) is 4.54. The van der Waals surface area contributed by atoms with Gasteiger partial charge in [0.15, 0.2) is 5.72 Å². The maximum absolute atomic E-state index is 11.7. The van der Waals surface area contributed by atoms with Crippen molar-refractivity contribution in [3.8, 4) is 0 Å². The molecule has 1 aliphatic rings. The number of carbonyl (C=O) groups is 1. The third-order valence-electron chi connectivity index (χ3n) is 3.24. The Bertz CT molecular complexity index is 433. The quantitative estimate of drug-likeness (QED) is 0.811. The Morgan fingerprint density at radius 2 is 1.88 bits per heavy atom. The Hall–Kier alpha value is -1.59. The molecule has 0 aromatic heterocycles. The van der Waals surface area contributed by atoms with Crippen LogP contribution in [0.25, 0.3) is 0 Å². The minimum atomic E-state index is -1.47. The summed E-state index contributed by atoms with van der Waals surface area (Å²) in [7, 11) is 1.40. The van der Waals surface area contributed by atoms with Crippen molar-refractivity contribution in [2.75, 3.05) is 7.11 Å². The molecular formula is C12H16N2O3. The fourth-order valence-electron chi connectivity index (χ4n) is 2.18. The number of benzene rings is 1. The number of rotatable bonds is 2. The molecule has 0 saturated carbocycles. The Morgan fingerprint density at radius 1 is 1.29 bits per heavy atom. The second kappa shape index (κ2) is 3.72. The Balaban J connectivity index is 2.49. The van der Waals surface area contributed by atoms with E-state index < -0.39 is 17.3 Å². The van der Waals surface area contributed by atoms with E-state index >= 15 is 0 Å². The number of hydroxylamine groups is 2. The highest BCUT2D eigenvalue weighted by Crippen LogP contribution is 2.39. The molecule has 1 aromatic rings. The van der Waals surface area contributed by atoms with E-state index in [1.165, 1.54) is 7.11 Å². The van der Waals surface area contributed by atoms with Crippen molar-refractivity contribution in [1.82, 2.24) is 10.4 Å². The first kappa shape index (κ1) is 11.9. The van der Waals surface area contributed by atoms with Gasteiger partial charge in [-0.05, 0) is 13.8 Å². The first-order valence-electron chi connectivity index (χ1n) is 5.38. The van der Waals surface area contributed by atoms with Crippen LogP contribution in [0.1, 0.15) is 19.4 Å². The van der Waals surface area contributed by atoms with Gasteiger partial charge in [0, 0.05) is 5.56 Å². The summed E-state index contributed by atoms with van der Waals surface area (Å²) in [5, 5.41) is 14.4. The van der Waals surface area contributed by atoms with Crippen LogP contribution in [0.5, 0.6) is 0 Å². The molecule has 1 unspecified atom stereocenters. The van der Waals surface area contributed by atoms with E-state index in [1.807, 2.05) is 18.2 Å². The van der Waals surface area contributed by atoms with Gasteiger partial charge in [0.25, 0.3) is 0 Å². The monoisotopic (exact) mass is 236 g/mol. The molecule has 5 nitrogen and oxygen atoms in total. The summed E-state index contributed by atoms with van der Waals surface area (Å²) in [6.45, 7) is 3.47. The molecule has 0 radical (unpaired) electrons. The SMILES string of the molecule is CON1C(=O)NC(O)(c2ccccc2)C1(C)C. The van der Waals surface area contributed by atoms with E-state index in [1.54, 1.807) is 26.0 Å². The molecule has 2 N–H and O–H groups in total. The zero-order valence-electron chi connectivity index (χ0n) is 10.1. The molecule has 0 spiro atoms. The van der Waals surface area contributed by atoms with Crippen molar-refractivity contribution in [3.63, 3.8) is 0 Å². The van der Waals surface area contributed by atoms with Crippen LogP contribution in [0, 0.1) is 0 Å². The lowest BCUT2D eigenvalue weighted by Gasteiger charge is -2.38. The van der Waals surface area contributed by atoms with Crippen molar-refractivity contribution in [3.05, 3.63) is 35.9 Å². The lowest BCUT2D eigenvalue weighted by molar-refractivity contribution is -0.184. The van der Waals surface area contributed by atoms with Gasteiger partial charge in [0.05, 0.1) is 7.11 Å². The molecular weight excluding hydrogens is 220 g/mol. The summed E-state index contributed by atoms with van der Waals surface area (Å²) in [5.74, 6) is 0. The smallest absolute Gasteiger partial charge is 0.344 e. The topological polar surface area (TPSA) is 61.8 Å². The highest BCUT2D eigenvalue weighted by Gasteiger charge is 2.58. The zero-order valence-corrected chi connectivity index (χ0v) is 10.1. The van der Waals surface area contributed by atoms with E-state index in [0.29, 0.717) is 5.56 Å². The standard InChI is InChI=1S/C12H16N2O3/c1-11(2)12(16,9-7-5-4-6-8-9)13-10(15)14(11)17-3/h4-8,16H,1-3H3,(H,13,15). The van der Waals surface area contributed by atoms with Crippen molar-refractivity contribution in [1.29, 1.82) is 0 Å². The number of nitrogens with zero attached hydrogens (tertiary/aromatic N) is 1. The molecule has 1 heterocycles. The highest BCUT2D eigenvalue weighted by molar-refractivity contribution is 5.78. The molecule has 0 bridgehead atoms. The van der Waals surface area contributed by atoms with Gasteiger partial charge in [-0.3, -0.25) is 4.84 Å². The molecule has 2 rings (SSSR count). The summed E-state index contributed by atoms with van der Waals surface area (Å²) in [5.41, 5.74) is -1.75. The fourth-order valence-corrected chi connectivity index (χ4v) is 2.18. The average molecular weight is 236 g/mol. The maximum atomic E-state index is 11.7. The van der Waals surface area contributed by atoms with Gasteiger partial charge < -0.3 is 10.4 Å². The molecule has 17 heavy (non-hydrogen) atoms. The molecule has 1 saturated heterocycles. The normalized spacial score (nSPS) is 27.1. The number of hydrogen-bond acceptors (Lipinski definition) is 3. The van der Waals surface area contributed by atoms with Crippen molar-refractivity contribution in [2.24, 2.45) is 0 Å². The minimum absolute atomic E-state index is 0.455. The summed E-state index contributed by atoms with van der Waals surface area (Å²) < 4.78 is 0. The van der Waals surface area contributed by atoms with Gasteiger partial charge in [0.2, 0.25) is 0 Å². The van der Waals surface area contributed by atoms with Gasteiger partial charge in [0.1, 0.15) is 5.54 Å². The first-order valence-corrected chi connectivity index (χ1v) is 5.38. The summed E-state index contributed by atoms with van der Waals surface area (Å²) in [6, 6.07) is 8.55. The van der Waals surface area contributed by atoms with E-state index in [2.05, 4.69) is 5.32 Å². The predicted molar refractivity (Wildman–Crippen MR) is 61.8 cm³/mol. The Kier molecular flexibility index (Phi) is 2.60. The highest BCUT2D eigenvalue weighted by atomic mass is 16.7. The van der Waals surface area contributed by atoms with E-state index in [4.69, 9.17) is 4.84 Å². The van der Waals surface area contributed by atoms with Crippen LogP contribution in [-0.4, -0.2) is 28.8 Å². The van der Waals surface area contributed by atoms with E-state index in [0.717, 1.165) is 5.06 Å². The van der Waals surface area contributed by atoms with E-state index in [9.17, 15) is 9.90 Å². The molecule has 1 fully saturated rings. The van der Waals surface area contributed by atoms with Crippen molar-refractivity contribution in [2.45, 2.75) is 25.1 Å². The van der Waals surface area contributed by atoms with Gasteiger partial charge in [-0.25, -0.2) is 4.79 Å². The lowest BCUT2D eigenvalue weighted by Crippen LogP contribution is -2.54. The number of carbonyl (C=O) groups excluding carboxylic acids is 1. The van der Waals surface area contributed by atoms with Crippen LogP contribution in [-0.2, 0) is 10.6 Å². The number of aliphatic hydroxyl groups is 1. The number of urea groups is 1. The summed E-state index contributed by atoms with van der Waals surface area (Å²) >= 11 is 0. The summed E-state index contributed by atoms with van der Waals surface area (Å²) in [6.07, 6.45) is 0. The van der Waals surface area contributed by atoms with Gasteiger partial charge in [-0.15, -0.1) is 0 Å². The molecule has 1 aromatic carbocycles. The molecule has 2 amide bonds. The molecule has 0 aliphatic carbocycles. The Labute approximate surface area is 99.9 Å². The third kappa shape index (κ3) is 1.50. The van der Waals surface area contributed by atoms with Crippen LogP contribution in [0.2, 0.25) is 0 Å². The van der Waals surface area contributed by atoms with Crippen molar-refractivity contribution >= 4 is 6.03 Å². The van der Waals surface area contributed by atoms with Gasteiger partial charge in [-0.2, -0.15) is 5.06 Å². The number of amides is 2. The lowest BCUT2D eigenvalue weighted by atomic mass is 9.86. The average Bonchev–Trinajstić information content (AvgIpc) is 2.47. The Morgan fingerprint density at radius 3 is 2.35 bits per heavy atom.